The van der Waals surface area contributed by atoms with Crippen LogP contribution in [0.5, 0.6) is 0 Å². The Kier molecular flexibility index (Phi) is 3.39. The third-order valence-corrected chi connectivity index (χ3v) is 3.33. The average molecular weight is 286 g/mol. The minimum absolute atomic E-state index is 0.00563. The zero-order valence-electron chi connectivity index (χ0n) is 11.2. The number of fused-ring (bicyclic) bond motifs is 1. The fraction of sp³-hybridized carbons (Fsp3) is 0.286. The predicted molar refractivity (Wildman–Crippen MR) is 78.1 cm³/mol. The number of nitrogens with one attached hydrogen (secondary N) is 2. The third kappa shape index (κ3) is 2.91. The van der Waals surface area contributed by atoms with Crippen LogP contribution in [0.2, 0.25) is 0 Å². The second-order valence-electron chi connectivity index (χ2n) is 4.98. The van der Waals surface area contributed by atoms with Gasteiger partial charge in [0, 0.05) is 18.3 Å². The number of benzene rings is 1. The molecular formula is C14H14N4O3. The van der Waals surface area contributed by atoms with Crippen LogP contribution in [-0.2, 0) is 4.79 Å². The monoisotopic (exact) mass is 286 g/mol. The first-order valence-electron chi connectivity index (χ1n) is 6.70. The van der Waals surface area contributed by atoms with Crippen molar-refractivity contribution in [2.75, 3.05) is 11.9 Å². The summed E-state index contributed by atoms with van der Waals surface area (Å²) in [5.41, 5.74) is 1.11. The lowest BCUT2D eigenvalue weighted by Gasteiger charge is -2.09. The molecule has 0 unspecified atom stereocenters. The van der Waals surface area contributed by atoms with Crippen molar-refractivity contribution in [3.05, 3.63) is 40.6 Å². The normalized spacial score (nSPS) is 13.9. The number of rotatable bonds is 5. The van der Waals surface area contributed by atoms with Crippen molar-refractivity contribution in [2.24, 2.45) is 0 Å². The van der Waals surface area contributed by atoms with Gasteiger partial charge in [-0.15, -0.1) is 0 Å². The fourth-order valence-corrected chi connectivity index (χ4v) is 2.14. The first-order valence-corrected chi connectivity index (χ1v) is 6.70. The van der Waals surface area contributed by atoms with E-state index in [1.165, 1.54) is 6.07 Å². The van der Waals surface area contributed by atoms with Gasteiger partial charge in [0.05, 0.1) is 22.5 Å². The number of hydrogen-bond acceptors (Lipinski definition) is 5. The molecule has 1 saturated carbocycles. The van der Waals surface area contributed by atoms with Crippen molar-refractivity contribution in [2.45, 2.75) is 18.9 Å². The van der Waals surface area contributed by atoms with Gasteiger partial charge >= 0.3 is 0 Å². The minimum Gasteiger partial charge on any atom is -0.374 e. The van der Waals surface area contributed by atoms with Crippen LogP contribution < -0.4 is 10.6 Å². The van der Waals surface area contributed by atoms with E-state index in [0.29, 0.717) is 22.6 Å². The van der Waals surface area contributed by atoms with Crippen molar-refractivity contribution in [1.82, 2.24) is 10.3 Å². The Hall–Kier alpha value is -2.70. The highest BCUT2D eigenvalue weighted by Crippen LogP contribution is 2.29. The Morgan fingerprint density at radius 1 is 1.38 bits per heavy atom. The van der Waals surface area contributed by atoms with Gasteiger partial charge in [-0.2, -0.15) is 0 Å². The second kappa shape index (κ2) is 5.35. The Morgan fingerprint density at radius 3 is 2.90 bits per heavy atom. The van der Waals surface area contributed by atoms with Crippen LogP contribution in [0.1, 0.15) is 12.8 Å². The summed E-state index contributed by atoms with van der Waals surface area (Å²) in [6, 6.07) is 6.61. The summed E-state index contributed by atoms with van der Waals surface area (Å²) < 4.78 is 0. The maximum absolute atomic E-state index is 11.7. The molecule has 1 heterocycles. The highest BCUT2D eigenvalue weighted by atomic mass is 16.6. The quantitative estimate of drug-likeness (QED) is 0.645. The van der Waals surface area contributed by atoms with E-state index in [1.807, 2.05) is 0 Å². The lowest BCUT2D eigenvalue weighted by Crippen LogP contribution is -2.31. The van der Waals surface area contributed by atoms with E-state index in [9.17, 15) is 14.9 Å². The maximum Gasteiger partial charge on any atom is 0.278 e. The van der Waals surface area contributed by atoms with E-state index >= 15 is 0 Å². The lowest BCUT2D eigenvalue weighted by molar-refractivity contribution is -0.383. The molecule has 108 valence electrons. The molecule has 3 rings (SSSR count). The van der Waals surface area contributed by atoms with Gasteiger partial charge in [0.1, 0.15) is 5.52 Å². The number of amides is 1. The fourth-order valence-electron chi connectivity index (χ4n) is 2.14. The van der Waals surface area contributed by atoms with Crippen molar-refractivity contribution in [1.29, 1.82) is 0 Å². The molecule has 0 atom stereocenters. The van der Waals surface area contributed by atoms with Crippen molar-refractivity contribution < 1.29 is 9.72 Å². The van der Waals surface area contributed by atoms with Gasteiger partial charge in [-0.25, -0.2) is 0 Å². The Bertz CT molecular complexity index is 712. The number of nitro benzene ring substituents is 1. The van der Waals surface area contributed by atoms with Gasteiger partial charge in [0.2, 0.25) is 5.91 Å². The highest BCUT2D eigenvalue weighted by Gasteiger charge is 2.23. The van der Waals surface area contributed by atoms with Crippen LogP contribution in [0.15, 0.2) is 30.5 Å². The van der Waals surface area contributed by atoms with Gasteiger partial charge in [-0.05, 0) is 31.0 Å². The molecule has 1 aromatic heterocycles. The average Bonchev–Trinajstić information content (AvgIpc) is 3.28. The number of pyridine rings is 1. The number of aromatic nitrogens is 1. The van der Waals surface area contributed by atoms with Gasteiger partial charge in [0.25, 0.3) is 5.69 Å². The molecule has 7 heteroatoms. The zero-order valence-corrected chi connectivity index (χ0v) is 11.2. The topological polar surface area (TPSA) is 97.2 Å². The van der Waals surface area contributed by atoms with Gasteiger partial charge < -0.3 is 10.6 Å². The van der Waals surface area contributed by atoms with Crippen LogP contribution in [0.4, 0.5) is 11.4 Å². The summed E-state index contributed by atoms with van der Waals surface area (Å²) in [6.07, 6.45) is 3.64. The molecule has 0 aliphatic heterocycles. The van der Waals surface area contributed by atoms with Gasteiger partial charge in [-0.1, -0.05) is 0 Å². The number of carbonyl (C=O) groups excluding carboxylic acids is 1. The first-order chi connectivity index (χ1) is 10.1. The molecule has 1 aliphatic rings. The molecule has 1 aliphatic carbocycles. The molecule has 0 bridgehead atoms. The third-order valence-electron chi connectivity index (χ3n) is 3.33. The molecule has 0 saturated heterocycles. The summed E-state index contributed by atoms with van der Waals surface area (Å²) in [7, 11) is 0. The molecule has 21 heavy (non-hydrogen) atoms. The van der Waals surface area contributed by atoms with E-state index < -0.39 is 4.92 Å². The van der Waals surface area contributed by atoms with Crippen LogP contribution in [0.3, 0.4) is 0 Å². The number of carbonyl (C=O) groups is 1. The molecule has 1 amide bonds. The highest BCUT2D eigenvalue weighted by molar-refractivity contribution is 5.97. The largest absolute Gasteiger partial charge is 0.374 e. The zero-order chi connectivity index (χ0) is 14.8. The summed E-state index contributed by atoms with van der Waals surface area (Å²) in [5.74, 6) is -0.0834. The maximum atomic E-state index is 11.7. The van der Waals surface area contributed by atoms with E-state index in [1.54, 1.807) is 24.4 Å². The minimum atomic E-state index is -0.437. The van der Waals surface area contributed by atoms with Crippen LogP contribution in [0, 0.1) is 10.1 Å². The molecule has 0 spiro atoms. The molecule has 7 nitrogen and oxygen atoms in total. The van der Waals surface area contributed by atoms with E-state index in [-0.39, 0.29) is 18.1 Å². The standard InChI is InChI=1S/C14H14N4O3/c19-13(17-9-3-4-9)8-16-11-5-6-12(18(20)21)10-2-1-7-15-14(10)11/h1-2,5-7,9,16H,3-4,8H2,(H,17,19). The summed E-state index contributed by atoms with van der Waals surface area (Å²) in [5, 5.41) is 17.3. The second-order valence-corrected chi connectivity index (χ2v) is 4.98. The molecule has 2 N–H and O–H groups in total. The van der Waals surface area contributed by atoms with E-state index in [2.05, 4.69) is 15.6 Å². The van der Waals surface area contributed by atoms with Crippen LogP contribution >= 0.6 is 0 Å². The number of nitro groups is 1. The van der Waals surface area contributed by atoms with Gasteiger partial charge in [-0.3, -0.25) is 19.9 Å². The van der Waals surface area contributed by atoms with Crippen molar-refractivity contribution in [3.63, 3.8) is 0 Å². The number of nitrogens with zero attached hydrogens (tertiary/aromatic N) is 2. The summed E-state index contributed by atoms with van der Waals surface area (Å²) in [6.45, 7) is 0.125. The summed E-state index contributed by atoms with van der Waals surface area (Å²) in [4.78, 5) is 26.4. The first kappa shape index (κ1) is 13.3. The Balaban J connectivity index is 1.83. The number of non-ortho nitro benzene ring substituents is 1. The Labute approximate surface area is 120 Å². The van der Waals surface area contributed by atoms with Crippen LogP contribution in [0.25, 0.3) is 10.9 Å². The van der Waals surface area contributed by atoms with Crippen molar-refractivity contribution >= 4 is 28.2 Å². The molecule has 1 fully saturated rings. The predicted octanol–water partition coefficient (Wildman–Crippen LogP) is 1.83. The van der Waals surface area contributed by atoms with Crippen LogP contribution in [-0.4, -0.2) is 28.4 Å². The summed E-state index contributed by atoms with van der Waals surface area (Å²) >= 11 is 0. The van der Waals surface area contributed by atoms with Gasteiger partial charge in [0.15, 0.2) is 0 Å². The smallest absolute Gasteiger partial charge is 0.278 e. The number of hydrogen-bond donors (Lipinski definition) is 2. The molecule has 1 aromatic carbocycles. The van der Waals surface area contributed by atoms with E-state index in [4.69, 9.17) is 0 Å². The SMILES string of the molecule is O=C(CNc1ccc([N+](=O)[O-])c2cccnc12)NC1CC1. The Morgan fingerprint density at radius 2 is 2.19 bits per heavy atom. The molecule has 0 radical (unpaired) electrons. The lowest BCUT2D eigenvalue weighted by atomic mass is 10.1. The number of anilines is 1. The molecule has 2 aromatic rings. The van der Waals surface area contributed by atoms with Crippen molar-refractivity contribution in [3.8, 4) is 0 Å². The van der Waals surface area contributed by atoms with E-state index in [0.717, 1.165) is 12.8 Å². The molecular weight excluding hydrogens is 272 g/mol.